The van der Waals surface area contributed by atoms with E-state index in [0.29, 0.717) is 24.2 Å². The Morgan fingerprint density at radius 1 is 1.07 bits per heavy atom. The van der Waals surface area contributed by atoms with Crippen molar-refractivity contribution in [3.05, 3.63) is 84.4 Å². The van der Waals surface area contributed by atoms with Crippen molar-refractivity contribution in [3.8, 4) is 0 Å². The number of hydrogen-bond donors (Lipinski definition) is 4. The van der Waals surface area contributed by atoms with E-state index in [1.807, 2.05) is 42.3 Å². The van der Waals surface area contributed by atoms with Crippen molar-refractivity contribution in [2.24, 2.45) is 0 Å². The van der Waals surface area contributed by atoms with E-state index in [2.05, 4.69) is 9.97 Å². The monoisotopic (exact) mass is 421 g/mol. The molecule has 1 heterocycles. The van der Waals surface area contributed by atoms with Crippen molar-refractivity contribution in [2.75, 3.05) is 7.05 Å². The van der Waals surface area contributed by atoms with Crippen molar-refractivity contribution in [3.63, 3.8) is 0 Å². The Morgan fingerprint density at radius 2 is 1.66 bits per heavy atom. The van der Waals surface area contributed by atoms with Crippen LogP contribution in [-0.2, 0) is 17.7 Å². The van der Waals surface area contributed by atoms with Gasteiger partial charge in [-0.05, 0) is 18.2 Å². The number of nitrogens with one attached hydrogen (secondary N) is 2. The maximum atomic E-state index is 11.6. The number of aromatic nitrogens is 2. The molecular formula is C17H18N4O7P+. The Kier molecular flexibility index (Phi) is 7.46. The summed E-state index contributed by atoms with van der Waals surface area (Å²) in [6, 6.07) is 12.4. The van der Waals surface area contributed by atoms with Gasteiger partial charge in [-0.15, -0.1) is 9.79 Å². The summed E-state index contributed by atoms with van der Waals surface area (Å²) in [4.78, 5) is 54.9. The Labute approximate surface area is 164 Å². The van der Waals surface area contributed by atoms with Gasteiger partial charge in [0.15, 0.2) is 0 Å². The largest absolute Gasteiger partial charge is 0.692 e. The summed E-state index contributed by atoms with van der Waals surface area (Å²) in [5, 5.41) is 11.2. The number of fused-ring (bicyclic) bond motifs is 1. The molecule has 0 unspecified atom stereocenters. The van der Waals surface area contributed by atoms with Gasteiger partial charge in [0.05, 0.1) is 16.0 Å². The van der Waals surface area contributed by atoms with Crippen LogP contribution < -0.4 is 11.1 Å². The number of nitrogens with zero attached hydrogens (tertiary/aromatic N) is 2. The third-order valence-electron chi connectivity index (χ3n) is 3.84. The first-order valence-electron chi connectivity index (χ1n) is 8.18. The molecule has 0 aliphatic heterocycles. The first-order chi connectivity index (χ1) is 13.7. The lowest BCUT2D eigenvalue weighted by Crippen LogP contribution is -2.29. The van der Waals surface area contributed by atoms with Crippen LogP contribution in [0.25, 0.3) is 11.0 Å². The highest BCUT2D eigenvalue weighted by molar-refractivity contribution is 7.30. The summed E-state index contributed by atoms with van der Waals surface area (Å²) in [7, 11) is -0.994. The Bertz CT molecular complexity index is 1140. The maximum Gasteiger partial charge on any atom is 0.692 e. The SMILES string of the molecule is CN(Cc1ccccc1)Cc1cc([N+](=O)[O-])cc2[nH]c(=O)c(=O)[nH]c12.O=[P+](O)O. The molecule has 152 valence electrons. The Balaban J connectivity index is 0.000000687. The normalized spacial score (nSPS) is 10.5. The zero-order chi connectivity index (χ0) is 21.6. The van der Waals surface area contributed by atoms with Crippen LogP contribution in [-0.4, -0.2) is 36.6 Å². The Morgan fingerprint density at radius 3 is 2.24 bits per heavy atom. The first kappa shape index (κ1) is 22.1. The lowest BCUT2D eigenvalue weighted by atomic mass is 10.1. The summed E-state index contributed by atoms with van der Waals surface area (Å²) in [6.07, 6.45) is 0. The summed E-state index contributed by atoms with van der Waals surface area (Å²) in [5.41, 5.74) is 0.540. The molecule has 3 rings (SSSR count). The second-order valence-electron chi connectivity index (χ2n) is 6.10. The average molecular weight is 421 g/mol. The number of rotatable bonds is 5. The Hall–Kier alpha value is -3.24. The predicted molar refractivity (Wildman–Crippen MR) is 106 cm³/mol. The average Bonchev–Trinajstić information content (AvgIpc) is 2.63. The lowest BCUT2D eigenvalue weighted by Gasteiger charge is -2.17. The van der Waals surface area contributed by atoms with E-state index in [1.54, 1.807) is 0 Å². The van der Waals surface area contributed by atoms with E-state index < -0.39 is 24.3 Å². The highest BCUT2D eigenvalue weighted by Crippen LogP contribution is 2.23. The number of hydrogen-bond acceptors (Lipinski definition) is 6. The molecule has 0 fully saturated rings. The molecule has 1 aromatic heterocycles. The van der Waals surface area contributed by atoms with Crippen LogP contribution >= 0.6 is 8.25 Å². The van der Waals surface area contributed by atoms with Crippen molar-refractivity contribution in [2.45, 2.75) is 13.1 Å². The zero-order valence-corrected chi connectivity index (χ0v) is 16.1. The minimum Gasteiger partial charge on any atom is -0.316 e. The standard InChI is InChI=1S/C17H16N4O4.HO3P/c1-20(9-11-5-3-2-4-6-11)10-12-7-13(21(24)25)8-14-15(12)19-17(23)16(22)18-14;1-4(2)3/h2-8H,9-10H2,1H3,(H,18,22)(H,19,23);(H-,1,2,3)/p+1. The molecule has 0 spiro atoms. The van der Waals surface area contributed by atoms with E-state index in [1.165, 1.54) is 12.1 Å². The molecule has 0 saturated carbocycles. The smallest absolute Gasteiger partial charge is 0.316 e. The minimum absolute atomic E-state index is 0.140. The molecule has 29 heavy (non-hydrogen) atoms. The van der Waals surface area contributed by atoms with Gasteiger partial charge >= 0.3 is 19.4 Å². The van der Waals surface area contributed by atoms with E-state index in [0.717, 1.165) is 5.56 Å². The van der Waals surface area contributed by atoms with Gasteiger partial charge in [-0.1, -0.05) is 30.3 Å². The highest BCUT2D eigenvalue weighted by atomic mass is 31.1. The molecule has 0 aliphatic carbocycles. The summed E-state index contributed by atoms with van der Waals surface area (Å²) in [6.45, 7) is 1.01. The van der Waals surface area contributed by atoms with Gasteiger partial charge in [-0.25, -0.2) is 0 Å². The van der Waals surface area contributed by atoms with E-state index in [-0.39, 0.29) is 11.2 Å². The zero-order valence-electron chi connectivity index (χ0n) is 15.2. The topological polar surface area (TPSA) is 170 Å². The third kappa shape index (κ3) is 6.40. The number of non-ortho nitro benzene ring substituents is 1. The van der Waals surface area contributed by atoms with E-state index in [9.17, 15) is 19.7 Å². The van der Waals surface area contributed by atoms with Crippen molar-refractivity contribution in [1.29, 1.82) is 0 Å². The molecule has 0 atom stereocenters. The van der Waals surface area contributed by atoms with Gasteiger partial charge in [-0.3, -0.25) is 24.6 Å². The summed E-state index contributed by atoms with van der Waals surface area (Å²) in [5.74, 6) is 0. The molecule has 11 nitrogen and oxygen atoms in total. The molecular weight excluding hydrogens is 403 g/mol. The second kappa shape index (κ2) is 9.80. The fraction of sp³-hybridized carbons (Fsp3) is 0.176. The molecule has 0 bridgehead atoms. The van der Waals surface area contributed by atoms with Crippen molar-refractivity contribution < 1.29 is 19.3 Å². The number of benzene rings is 2. The van der Waals surface area contributed by atoms with Crippen LogP contribution in [0.2, 0.25) is 0 Å². The lowest BCUT2D eigenvalue weighted by molar-refractivity contribution is -0.384. The van der Waals surface area contributed by atoms with E-state index in [4.69, 9.17) is 14.4 Å². The van der Waals surface area contributed by atoms with Crippen molar-refractivity contribution >= 4 is 25.0 Å². The highest BCUT2D eigenvalue weighted by Gasteiger charge is 2.15. The molecule has 0 saturated heterocycles. The molecule has 4 N–H and O–H groups in total. The van der Waals surface area contributed by atoms with Gasteiger partial charge in [0.1, 0.15) is 0 Å². The predicted octanol–water partition coefficient (Wildman–Crippen LogP) is 1.38. The van der Waals surface area contributed by atoms with Crippen LogP contribution in [0.3, 0.4) is 0 Å². The van der Waals surface area contributed by atoms with Crippen LogP contribution in [0, 0.1) is 10.1 Å². The van der Waals surface area contributed by atoms with Crippen LogP contribution in [0.4, 0.5) is 5.69 Å². The summed E-state index contributed by atoms with van der Waals surface area (Å²) >= 11 is 0. The van der Waals surface area contributed by atoms with Gasteiger partial charge in [0.2, 0.25) is 0 Å². The fourth-order valence-electron chi connectivity index (χ4n) is 2.75. The van der Waals surface area contributed by atoms with Crippen LogP contribution in [0.15, 0.2) is 52.1 Å². The maximum absolute atomic E-state index is 11.6. The molecule has 0 aliphatic rings. The van der Waals surface area contributed by atoms with Crippen LogP contribution in [0.1, 0.15) is 11.1 Å². The third-order valence-corrected chi connectivity index (χ3v) is 3.84. The van der Waals surface area contributed by atoms with Gasteiger partial charge in [0, 0.05) is 29.8 Å². The molecule has 2 aromatic carbocycles. The number of aromatic amines is 2. The quantitative estimate of drug-likeness (QED) is 0.207. The second-order valence-corrected chi connectivity index (χ2v) is 6.61. The minimum atomic E-state index is -2.87. The molecule has 0 amide bonds. The molecule has 12 heteroatoms. The van der Waals surface area contributed by atoms with Gasteiger partial charge < -0.3 is 9.97 Å². The van der Waals surface area contributed by atoms with Crippen molar-refractivity contribution in [1.82, 2.24) is 14.9 Å². The first-order valence-corrected chi connectivity index (χ1v) is 9.35. The number of nitro benzene ring substituents is 1. The fourth-order valence-corrected chi connectivity index (χ4v) is 2.75. The number of H-pyrrole nitrogens is 2. The number of nitro groups is 1. The van der Waals surface area contributed by atoms with Gasteiger partial charge in [-0.2, -0.15) is 0 Å². The summed E-state index contributed by atoms with van der Waals surface area (Å²) < 4.78 is 8.70. The molecule has 3 aromatic rings. The van der Waals surface area contributed by atoms with E-state index >= 15 is 0 Å². The van der Waals surface area contributed by atoms with Crippen LogP contribution in [0.5, 0.6) is 0 Å². The molecule has 0 radical (unpaired) electrons. The van der Waals surface area contributed by atoms with Gasteiger partial charge in [0.25, 0.3) is 5.69 Å².